The van der Waals surface area contributed by atoms with Crippen molar-refractivity contribution >= 4 is 11.8 Å². The highest BCUT2D eigenvalue weighted by atomic mass is 16.5. The van der Waals surface area contributed by atoms with E-state index < -0.39 is 0 Å². The number of hydrogen-bond donors (Lipinski definition) is 0. The zero-order valence-corrected chi connectivity index (χ0v) is 22.5. The van der Waals surface area contributed by atoms with Crippen molar-refractivity contribution in [1.82, 2.24) is 0 Å². The van der Waals surface area contributed by atoms with Crippen molar-refractivity contribution in [3.63, 3.8) is 0 Å². The zero-order valence-electron chi connectivity index (χ0n) is 22.5. The number of Topliss-reactive ketones (excluding diaryl/α,β-unsaturated/α-hetero) is 1. The van der Waals surface area contributed by atoms with Gasteiger partial charge in [0.25, 0.3) is 0 Å². The van der Waals surface area contributed by atoms with Gasteiger partial charge in [-0.15, -0.1) is 0 Å². The molecule has 3 nitrogen and oxygen atoms in total. The first-order valence-electron chi connectivity index (χ1n) is 14.2. The molecule has 4 aliphatic rings. The molecule has 0 N–H and O–H groups in total. The molecule has 0 amide bonds. The van der Waals surface area contributed by atoms with Crippen molar-refractivity contribution in [3.05, 3.63) is 0 Å². The fourth-order valence-electron chi connectivity index (χ4n) is 9.41. The number of carbonyl (C=O) groups is 2. The van der Waals surface area contributed by atoms with Crippen molar-refractivity contribution in [2.75, 3.05) is 0 Å². The smallest absolute Gasteiger partial charge is 0.302 e. The topological polar surface area (TPSA) is 43.4 Å². The Bertz CT molecular complexity index is 743. The predicted molar refractivity (Wildman–Crippen MR) is 134 cm³/mol. The highest BCUT2D eigenvalue weighted by molar-refractivity contribution is 5.84. The minimum atomic E-state index is -0.157. The van der Waals surface area contributed by atoms with Gasteiger partial charge in [0.2, 0.25) is 0 Å². The van der Waals surface area contributed by atoms with Gasteiger partial charge in [0.1, 0.15) is 11.9 Å². The second kappa shape index (κ2) is 9.30. The van der Waals surface area contributed by atoms with Crippen molar-refractivity contribution in [3.8, 4) is 0 Å². The van der Waals surface area contributed by atoms with Crippen LogP contribution in [0.3, 0.4) is 0 Å². The molecule has 0 heterocycles. The molecule has 0 aliphatic heterocycles. The summed E-state index contributed by atoms with van der Waals surface area (Å²) < 4.78 is 5.60. The second-order valence-electron chi connectivity index (χ2n) is 13.6. The number of hydrogen-bond acceptors (Lipinski definition) is 3. The molecule has 10 atom stereocenters. The van der Waals surface area contributed by atoms with E-state index in [1.807, 2.05) is 0 Å². The Morgan fingerprint density at radius 2 is 1.73 bits per heavy atom. The quantitative estimate of drug-likeness (QED) is 0.388. The van der Waals surface area contributed by atoms with Gasteiger partial charge in [0, 0.05) is 19.3 Å². The normalized spacial score (nSPS) is 44.5. The SMILES string of the molecule is CC(=O)O[C@@H]1CC[C@@]2(C)[C@@H](CC[C@@H]3[C@H]4CC[C@H]([C@H](C)CC[C@H](C)C(C)C)[C@@]4(C)CC(=O)[C@H]32)C1. The van der Waals surface area contributed by atoms with Crippen LogP contribution in [0, 0.1) is 58.2 Å². The van der Waals surface area contributed by atoms with E-state index in [1.54, 1.807) is 0 Å². The van der Waals surface area contributed by atoms with Crippen LogP contribution in [0.4, 0.5) is 0 Å². The molecule has 4 rings (SSSR count). The van der Waals surface area contributed by atoms with Crippen molar-refractivity contribution in [2.24, 2.45) is 58.2 Å². The van der Waals surface area contributed by atoms with E-state index in [2.05, 4.69) is 41.5 Å². The van der Waals surface area contributed by atoms with Crippen molar-refractivity contribution in [1.29, 1.82) is 0 Å². The lowest BCUT2D eigenvalue weighted by molar-refractivity contribution is -0.169. The van der Waals surface area contributed by atoms with Crippen molar-refractivity contribution < 1.29 is 14.3 Å². The number of ketones is 1. The second-order valence-corrected chi connectivity index (χ2v) is 13.6. The molecule has 33 heavy (non-hydrogen) atoms. The summed E-state index contributed by atoms with van der Waals surface area (Å²) in [5, 5.41) is 0. The lowest BCUT2D eigenvalue weighted by Crippen LogP contribution is -2.58. The Balaban J connectivity index is 1.49. The fraction of sp³-hybridized carbons (Fsp3) is 0.933. The average Bonchev–Trinajstić information content (AvgIpc) is 3.07. The number of ether oxygens (including phenoxy) is 1. The van der Waals surface area contributed by atoms with E-state index in [9.17, 15) is 9.59 Å². The van der Waals surface area contributed by atoms with Gasteiger partial charge in [-0.1, -0.05) is 54.4 Å². The third-order valence-electron chi connectivity index (χ3n) is 11.6. The van der Waals surface area contributed by atoms with Gasteiger partial charge in [0.15, 0.2) is 0 Å². The molecule has 0 spiro atoms. The first kappa shape index (κ1) is 25.2. The van der Waals surface area contributed by atoms with E-state index in [1.165, 1.54) is 45.4 Å². The maximum absolute atomic E-state index is 13.9. The maximum atomic E-state index is 13.9. The number of carbonyl (C=O) groups excluding carboxylic acids is 2. The van der Waals surface area contributed by atoms with Crippen LogP contribution in [0.1, 0.15) is 113 Å². The number of fused-ring (bicyclic) bond motifs is 5. The van der Waals surface area contributed by atoms with Crippen LogP contribution in [0.15, 0.2) is 0 Å². The van der Waals surface area contributed by atoms with Gasteiger partial charge >= 0.3 is 5.97 Å². The Hall–Kier alpha value is -0.860. The monoisotopic (exact) mass is 458 g/mol. The van der Waals surface area contributed by atoms with Crippen LogP contribution in [0.25, 0.3) is 0 Å². The largest absolute Gasteiger partial charge is 0.463 e. The summed E-state index contributed by atoms with van der Waals surface area (Å²) in [5.74, 6) is 5.45. The summed E-state index contributed by atoms with van der Waals surface area (Å²) >= 11 is 0. The standard InChI is InChI=1S/C30H50O3/c1-18(2)19(3)8-9-20(4)25-12-13-26-24-11-10-22-16-23(33-21(5)31)14-15-29(22,6)28(24)27(32)17-30(25,26)7/h18-20,22-26,28H,8-17H2,1-7H3/t19-,20+,22-,23+,24+,25+,26+,28-,29-,30+/m0/s1. The Labute approximate surface area is 203 Å². The zero-order chi connectivity index (χ0) is 24.1. The van der Waals surface area contributed by atoms with E-state index in [0.717, 1.165) is 49.4 Å². The number of esters is 1. The van der Waals surface area contributed by atoms with Gasteiger partial charge in [-0.2, -0.15) is 0 Å². The van der Waals surface area contributed by atoms with Crippen LogP contribution >= 0.6 is 0 Å². The van der Waals surface area contributed by atoms with Crippen LogP contribution < -0.4 is 0 Å². The molecular formula is C30H50O3. The molecule has 0 saturated heterocycles. The van der Waals surface area contributed by atoms with Crippen molar-refractivity contribution in [2.45, 2.75) is 119 Å². The van der Waals surface area contributed by atoms with Gasteiger partial charge in [-0.3, -0.25) is 9.59 Å². The van der Waals surface area contributed by atoms with Crippen LogP contribution in [-0.2, 0) is 14.3 Å². The molecule has 4 fully saturated rings. The molecule has 188 valence electrons. The summed E-state index contributed by atoms with van der Waals surface area (Å²) in [7, 11) is 0. The minimum Gasteiger partial charge on any atom is -0.463 e. The summed E-state index contributed by atoms with van der Waals surface area (Å²) in [4.78, 5) is 25.5. The molecular weight excluding hydrogens is 408 g/mol. The van der Waals surface area contributed by atoms with Gasteiger partial charge in [-0.05, 0) is 97.2 Å². The maximum Gasteiger partial charge on any atom is 0.302 e. The van der Waals surface area contributed by atoms with Crippen LogP contribution in [0.5, 0.6) is 0 Å². The average molecular weight is 459 g/mol. The first-order valence-corrected chi connectivity index (χ1v) is 14.2. The molecule has 3 heteroatoms. The lowest BCUT2D eigenvalue weighted by atomic mass is 9.44. The molecule has 0 aromatic heterocycles. The molecule has 0 radical (unpaired) electrons. The van der Waals surface area contributed by atoms with Gasteiger partial charge in [0.05, 0.1) is 0 Å². The molecule has 0 bridgehead atoms. The summed E-state index contributed by atoms with van der Waals surface area (Å²) in [6.07, 6.45) is 11.5. The Morgan fingerprint density at radius 1 is 1.00 bits per heavy atom. The summed E-state index contributed by atoms with van der Waals surface area (Å²) in [5.41, 5.74) is 0.311. The highest BCUT2D eigenvalue weighted by Crippen LogP contribution is 2.67. The van der Waals surface area contributed by atoms with Gasteiger partial charge in [-0.25, -0.2) is 0 Å². The Kier molecular flexibility index (Phi) is 7.12. The molecule has 0 unspecified atom stereocenters. The molecule has 0 aromatic rings. The molecule has 4 aliphatic carbocycles. The van der Waals surface area contributed by atoms with Gasteiger partial charge < -0.3 is 4.74 Å². The first-order chi connectivity index (χ1) is 15.5. The summed E-state index contributed by atoms with van der Waals surface area (Å²) in [6.45, 7) is 16.0. The Morgan fingerprint density at radius 3 is 2.39 bits per heavy atom. The number of rotatable bonds is 6. The fourth-order valence-corrected chi connectivity index (χ4v) is 9.41. The lowest BCUT2D eigenvalue weighted by Gasteiger charge is -2.60. The van der Waals surface area contributed by atoms with E-state index >= 15 is 0 Å². The summed E-state index contributed by atoms with van der Waals surface area (Å²) in [6, 6.07) is 0. The predicted octanol–water partition coefficient (Wildman–Crippen LogP) is 7.46. The molecule has 0 aromatic carbocycles. The minimum absolute atomic E-state index is 0.0611. The third-order valence-corrected chi connectivity index (χ3v) is 11.6. The van der Waals surface area contributed by atoms with E-state index in [4.69, 9.17) is 4.74 Å². The van der Waals surface area contributed by atoms with Crippen LogP contribution in [0.2, 0.25) is 0 Å². The highest BCUT2D eigenvalue weighted by Gasteiger charge is 2.63. The van der Waals surface area contributed by atoms with E-state index in [-0.39, 0.29) is 28.8 Å². The molecule has 4 saturated carbocycles. The third kappa shape index (κ3) is 4.44. The van der Waals surface area contributed by atoms with E-state index in [0.29, 0.717) is 23.5 Å². The van der Waals surface area contributed by atoms with Crippen LogP contribution in [-0.4, -0.2) is 17.9 Å².